The molecule has 51 valence electrons. The Hall–Kier alpha value is 0.544. The maximum atomic E-state index is 2.18. The van der Waals surface area contributed by atoms with Crippen molar-refractivity contribution in [2.45, 2.75) is 14.4 Å². The Kier molecular flexibility index (Phi) is 11.2. The van der Waals surface area contributed by atoms with Crippen molar-refractivity contribution in [3.63, 3.8) is 0 Å². The first-order valence-electron chi connectivity index (χ1n) is 2.36. The summed E-state index contributed by atoms with van der Waals surface area (Å²) in [6.07, 6.45) is 0. The average Bonchev–Trinajstić information content (AvgIpc) is 1.35. The molecule has 8 heavy (non-hydrogen) atoms. The number of hydrogen-bond donors (Lipinski definition) is 0. The third-order valence-electron chi connectivity index (χ3n) is 0.949. The number of rotatable bonds is 1. The minimum absolute atomic E-state index is 0. The van der Waals surface area contributed by atoms with Crippen LogP contribution < -0.4 is 0 Å². The van der Waals surface area contributed by atoms with Crippen LogP contribution >= 0.6 is 0 Å². The second kappa shape index (κ2) is 5.68. The summed E-state index contributed by atoms with van der Waals surface area (Å²) in [6.45, 7) is 3.39. The molecule has 0 fully saturated rings. The van der Waals surface area contributed by atoms with E-state index in [-0.39, 0.29) is 26.0 Å². The zero-order valence-electron chi connectivity index (χ0n) is 5.60. The topological polar surface area (TPSA) is 0 Å². The van der Waals surface area contributed by atoms with Gasteiger partial charge in [0.15, 0.2) is 0 Å². The van der Waals surface area contributed by atoms with Crippen LogP contribution in [0.15, 0.2) is 0 Å². The van der Waals surface area contributed by atoms with Crippen LogP contribution in [-0.2, 0) is 18.6 Å². The van der Waals surface area contributed by atoms with E-state index in [2.05, 4.69) is 28.1 Å². The first-order valence-corrected chi connectivity index (χ1v) is 2.36. The van der Waals surface area contributed by atoms with Gasteiger partial charge >= 0.3 is 0 Å². The summed E-state index contributed by atoms with van der Waals surface area (Å²) in [5, 5.41) is 0. The summed E-state index contributed by atoms with van der Waals surface area (Å²) >= 11 is 0. The van der Waals surface area contributed by atoms with Crippen LogP contribution in [0.3, 0.4) is 0 Å². The molecule has 1 radical (unpaired) electrons. The molecule has 2 heteroatoms. The van der Waals surface area contributed by atoms with Gasteiger partial charge in [0.05, 0.1) is 27.7 Å². The van der Waals surface area contributed by atoms with E-state index in [9.17, 15) is 0 Å². The third-order valence-corrected chi connectivity index (χ3v) is 0.949. The summed E-state index contributed by atoms with van der Waals surface area (Å²) < 4.78 is 1.07. The van der Waals surface area contributed by atoms with E-state index >= 15 is 0 Å². The van der Waals surface area contributed by atoms with Gasteiger partial charge in [0, 0.05) is 18.6 Å². The van der Waals surface area contributed by atoms with Crippen molar-refractivity contribution in [1.82, 2.24) is 0 Å². The first-order chi connectivity index (χ1) is 2.56. The van der Waals surface area contributed by atoms with Crippen molar-refractivity contribution < 1.29 is 23.0 Å². The molecule has 0 aromatic carbocycles. The molecule has 0 aliphatic carbocycles. The molecule has 0 bridgehead atoms. The second-order valence-electron chi connectivity index (χ2n) is 2.61. The minimum Gasteiger partial charge on any atom is -0.331 e. The zero-order chi connectivity index (χ0) is 5.21. The quantitative estimate of drug-likeness (QED) is 0.501. The van der Waals surface area contributed by atoms with E-state index < -0.39 is 0 Å². The van der Waals surface area contributed by atoms with Gasteiger partial charge in [-0.05, 0) is 6.92 Å². The zero-order valence-corrected chi connectivity index (χ0v) is 7.00. The van der Waals surface area contributed by atoms with E-state index in [1.54, 1.807) is 0 Å². The van der Waals surface area contributed by atoms with Crippen molar-refractivity contribution in [2.75, 3.05) is 27.7 Å². The molecular formula is C6H18NV+. The smallest absolute Gasteiger partial charge is 0.0751 e. The van der Waals surface area contributed by atoms with Crippen molar-refractivity contribution in [3.05, 3.63) is 0 Å². The number of hydrogen-bond acceptors (Lipinski definition) is 0. The van der Waals surface area contributed by atoms with E-state index in [1.165, 1.54) is 6.54 Å². The maximum Gasteiger partial charge on any atom is 0.0751 e. The first kappa shape index (κ1) is 15.8. The molecule has 0 atom stereocenters. The molecule has 0 aliphatic rings. The molecule has 1 nitrogen and oxygen atoms in total. The SMILES string of the molecule is C.CC[N+](C)(C)C.[V]. The molecule has 0 spiro atoms. The van der Waals surface area contributed by atoms with Crippen LogP contribution in [0.5, 0.6) is 0 Å². The Morgan fingerprint density at radius 3 is 1.25 bits per heavy atom. The molecule has 0 heterocycles. The summed E-state index contributed by atoms with van der Waals surface area (Å²) in [5.41, 5.74) is 0. The molecule has 0 saturated carbocycles. The molecular weight excluding hydrogens is 137 g/mol. The van der Waals surface area contributed by atoms with Gasteiger partial charge in [0.25, 0.3) is 0 Å². The summed E-state index contributed by atoms with van der Waals surface area (Å²) in [4.78, 5) is 0. The van der Waals surface area contributed by atoms with Crippen molar-refractivity contribution >= 4 is 0 Å². The van der Waals surface area contributed by atoms with E-state index in [0.717, 1.165) is 4.48 Å². The van der Waals surface area contributed by atoms with Crippen LogP contribution in [0.1, 0.15) is 14.4 Å². The fraction of sp³-hybridized carbons (Fsp3) is 1.00. The Morgan fingerprint density at radius 2 is 1.25 bits per heavy atom. The van der Waals surface area contributed by atoms with E-state index in [1.807, 2.05) is 0 Å². The van der Waals surface area contributed by atoms with Crippen LogP contribution in [0.25, 0.3) is 0 Å². The average molecular weight is 155 g/mol. The van der Waals surface area contributed by atoms with Crippen LogP contribution in [-0.4, -0.2) is 32.2 Å². The predicted octanol–water partition coefficient (Wildman–Crippen LogP) is 1.35. The Balaban J connectivity index is -0.000000125. The van der Waals surface area contributed by atoms with E-state index in [0.29, 0.717) is 0 Å². The van der Waals surface area contributed by atoms with Crippen LogP contribution in [0, 0.1) is 0 Å². The molecule has 0 unspecified atom stereocenters. The molecule has 0 rings (SSSR count). The van der Waals surface area contributed by atoms with Gasteiger partial charge in [-0.1, -0.05) is 7.43 Å². The monoisotopic (exact) mass is 155 g/mol. The second-order valence-corrected chi connectivity index (χ2v) is 2.61. The van der Waals surface area contributed by atoms with Crippen LogP contribution in [0.4, 0.5) is 0 Å². The summed E-state index contributed by atoms with van der Waals surface area (Å²) in [7, 11) is 6.54. The third kappa shape index (κ3) is 16.0. The van der Waals surface area contributed by atoms with Gasteiger partial charge in [-0.25, -0.2) is 0 Å². The van der Waals surface area contributed by atoms with Crippen molar-refractivity contribution in [1.29, 1.82) is 0 Å². The minimum atomic E-state index is 0. The Labute approximate surface area is 65.5 Å². The molecule has 0 aromatic rings. The predicted molar refractivity (Wildman–Crippen MR) is 35.3 cm³/mol. The van der Waals surface area contributed by atoms with Gasteiger partial charge < -0.3 is 4.48 Å². The Morgan fingerprint density at radius 1 is 1.12 bits per heavy atom. The number of nitrogens with zero attached hydrogens (tertiary/aromatic N) is 1. The molecule has 0 saturated heterocycles. The van der Waals surface area contributed by atoms with Crippen molar-refractivity contribution in [2.24, 2.45) is 0 Å². The van der Waals surface area contributed by atoms with Gasteiger partial charge in [-0.2, -0.15) is 0 Å². The molecule has 0 N–H and O–H groups in total. The number of quaternary nitrogens is 1. The Bertz CT molecular complexity index is 38.3. The normalized spacial score (nSPS) is 9.00. The largest absolute Gasteiger partial charge is 0.331 e. The molecule has 0 amide bonds. The van der Waals surface area contributed by atoms with Crippen LogP contribution in [0.2, 0.25) is 0 Å². The fourth-order valence-corrected chi connectivity index (χ4v) is 0. The summed E-state index contributed by atoms with van der Waals surface area (Å²) in [5.74, 6) is 0. The van der Waals surface area contributed by atoms with E-state index in [4.69, 9.17) is 0 Å². The maximum absolute atomic E-state index is 2.18. The van der Waals surface area contributed by atoms with Gasteiger partial charge in [0.2, 0.25) is 0 Å². The van der Waals surface area contributed by atoms with Gasteiger partial charge in [-0.15, -0.1) is 0 Å². The molecule has 0 aromatic heterocycles. The summed E-state index contributed by atoms with van der Waals surface area (Å²) in [6, 6.07) is 0. The molecule has 0 aliphatic heterocycles. The van der Waals surface area contributed by atoms with Crippen molar-refractivity contribution in [3.8, 4) is 0 Å². The van der Waals surface area contributed by atoms with Gasteiger partial charge in [0.1, 0.15) is 0 Å². The fourth-order valence-electron chi connectivity index (χ4n) is 0. The standard InChI is InChI=1S/C5H14N.CH4.V/c1-5-6(2,3)4;;/h5H2,1-4H3;1H4;/q+1;;. The van der Waals surface area contributed by atoms with Gasteiger partial charge in [-0.3, -0.25) is 0 Å².